The Morgan fingerprint density at radius 3 is 2.58 bits per heavy atom. The molecule has 1 amide bonds. The molecule has 1 aromatic heterocycles. The second-order valence-electron chi connectivity index (χ2n) is 3.56. The third-order valence-corrected chi connectivity index (χ3v) is 2.45. The first kappa shape index (κ1) is 15.5. The zero-order valence-corrected chi connectivity index (χ0v) is 11.0. The molecule has 0 atom stereocenters. The van der Waals surface area contributed by atoms with E-state index in [1.165, 1.54) is 18.0 Å². The van der Waals surface area contributed by atoms with Gasteiger partial charge in [-0.1, -0.05) is 11.6 Å². The summed E-state index contributed by atoms with van der Waals surface area (Å²) in [6.07, 6.45) is -4.69. The maximum absolute atomic E-state index is 12.6. The molecule has 0 aliphatic carbocycles. The van der Waals surface area contributed by atoms with Crippen molar-refractivity contribution in [2.24, 2.45) is 0 Å². The van der Waals surface area contributed by atoms with Crippen molar-refractivity contribution in [1.82, 2.24) is 15.3 Å². The second kappa shape index (κ2) is 6.05. The summed E-state index contributed by atoms with van der Waals surface area (Å²) in [6, 6.07) is 1.18. The van der Waals surface area contributed by atoms with Gasteiger partial charge in [-0.05, 0) is 6.92 Å². The third-order valence-electron chi connectivity index (χ3n) is 2.25. The van der Waals surface area contributed by atoms with Gasteiger partial charge in [-0.2, -0.15) is 13.2 Å². The van der Waals surface area contributed by atoms with Crippen LogP contribution in [0.5, 0.6) is 0 Å². The lowest BCUT2D eigenvalue weighted by Crippen LogP contribution is -2.36. The van der Waals surface area contributed by atoms with Gasteiger partial charge >= 0.3 is 6.18 Å². The Hall–Kier alpha value is -1.57. The fourth-order valence-corrected chi connectivity index (χ4v) is 1.48. The van der Waals surface area contributed by atoms with Crippen LogP contribution >= 0.6 is 11.6 Å². The molecule has 1 rings (SSSR count). The molecule has 0 aliphatic rings. The molecule has 0 saturated heterocycles. The largest absolute Gasteiger partial charge is 0.451 e. The SMILES string of the molecule is CCN(CC(=O)NC)c1cc(Cl)nc(C(F)(F)F)n1. The van der Waals surface area contributed by atoms with Crippen molar-refractivity contribution in [3.63, 3.8) is 0 Å². The minimum atomic E-state index is -4.69. The molecule has 1 N–H and O–H groups in total. The molecule has 0 aliphatic heterocycles. The number of likely N-dealkylation sites (N-methyl/N-ethyl adjacent to an activating group) is 2. The summed E-state index contributed by atoms with van der Waals surface area (Å²) < 4.78 is 37.7. The second-order valence-corrected chi connectivity index (χ2v) is 3.94. The summed E-state index contributed by atoms with van der Waals surface area (Å²) in [4.78, 5) is 19.1. The van der Waals surface area contributed by atoms with Crippen LogP contribution in [-0.4, -0.2) is 36.0 Å². The van der Waals surface area contributed by atoms with Gasteiger partial charge in [-0.25, -0.2) is 9.97 Å². The van der Waals surface area contributed by atoms with Crippen LogP contribution in [0.2, 0.25) is 5.15 Å². The fourth-order valence-electron chi connectivity index (χ4n) is 1.30. The van der Waals surface area contributed by atoms with Crippen molar-refractivity contribution in [3.05, 3.63) is 17.0 Å². The third kappa shape index (κ3) is 4.23. The lowest BCUT2D eigenvalue weighted by Gasteiger charge is -2.21. The summed E-state index contributed by atoms with van der Waals surface area (Å²) in [5.74, 6) is -1.71. The minimum Gasteiger partial charge on any atom is -0.358 e. The number of aromatic nitrogens is 2. The molecular formula is C10H12ClF3N4O. The summed E-state index contributed by atoms with van der Waals surface area (Å²) in [6.45, 7) is 1.88. The van der Waals surface area contributed by atoms with Crippen molar-refractivity contribution < 1.29 is 18.0 Å². The van der Waals surface area contributed by atoms with Crippen molar-refractivity contribution >= 4 is 23.3 Å². The number of halogens is 4. The zero-order valence-electron chi connectivity index (χ0n) is 10.3. The molecule has 0 radical (unpaired) electrons. The van der Waals surface area contributed by atoms with E-state index in [1.807, 2.05) is 0 Å². The van der Waals surface area contributed by atoms with Crippen molar-refractivity contribution in [2.45, 2.75) is 13.1 Å². The Morgan fingerprint density at radius 2 is 2.11 bits per heavy atom. The predicted molar refractivity (Wildman–Crippen MR) is 64.0 cm³/mol. The number of carbonyl (C=O) groups is 1. The number of carbonyl (C=O) groups excluding carboxylic acids is 1. The topological polar surface area (TPSA) is 58.1 Å². The van der Waals surface area contributed by atoms with Crippen molar-refractivity contribution in [1.29, 1.82) is 0 Å². The van der Waals surface area contributed by atoms with Gasteiger partial charge < -0.3 is 10.2 Å². The van der Waals surface area contributed by atoms with E-state index in [9.17, 15) is 18.0 Å². The van der Waals surface area contributed by atoms with Crippen LogP contribution in [-0.2, 0) is 11.0 Å². The fraction of sp³-hybridized carbons (Fsp3) is 0.500. The summed E-state index contributed by atoms with van der Waals surface area (Å²) >= 11 is 5.55. The van der Waals surface area contributed by atoms with Gasteiger partial charge in [-0.3, -0.25) is 4.79 Å². The first-order valence-corrected chi connectivity index (χ1v) is 5.73. The zero-order chi connectivity index (χ0) is 14.6. The molecule has 9 heteroatoms. The molecular weight excluding hydrogens is 285 g/mol. The van der Waals surface area contributed by atoms with Gasteiger partial charge in [0.05, 0.1) is 6.54 Å². The van der Waals surface area contributed by atoms with Crippen LogP contribution in [0.15, 0.2) is 6.07 Å². The quantitative estimate of drug-likeness (QED) is 0.860. The van der Waals surface area contributed by atoms with Crippen LogP contribution in [0.3, 0.4) is 0 Å². The molecule has 19 heavy (non-hydrogen) atoms. The van der Waals surface area contributed by atoms with Gasteiger partial charge in [-0.15, -0.1) is 0 Å². The van der Waals surface area contributed by atoms with E-state index in [0.29, 0.717) is 6.54 Å². The lowest BCUT2D eigenvalue weighted by molar-refractivity contribution is -0.144. The van der Waals surface area contributed by atoms with Gasteiger partial charge in [0.15, 0.2) is 0 Å². The maximum atomic E-state index is 12.6. The maximum Gasteiger partial charge on any atom is 0.451 e. The van der Waals surface area contributed by atoms with E-state index < -0.39 is 12.0 Å². The number of nitrogens with zero attached hydrogens (tertiary/aromatic N) is 3. The van der Waals surface area contributed by atoms with Gasteiger partial charge in [0.1, 0.15) is 11.0 Å². The molecule has 0 bridgehead atoms. The van der Waals surface area contributed by atoms with Crippen LogP contribution in [0.25, 0.3) is 0 Å². The highest BCUT2D eigenvalue weighted by atomic mass is 35.5. The normalized spacial score (nSPS) is 11.3. The number of anilines is 1. The molecule has 106 valence electrons. The van der Waals surface area contributed by atoms with E-state index in [4.69, 9.17) is 11.6 Å². The molecule has 0 saturated carbocycles. The van der Waals surface area contributed by atoms with Crippen LogP contribution in [0.4, 0.5) is 19.0 Å². The first-order valence-electron chi connectivity index (χ1n) is 5.35. The number of hydrogen-bond acceptors (Lipinski definition) is 4. The number of hydrogen-bond donors (Lipinski definition) is 1. The Bertz CT molecular complexity index is 467. The van der Waals surface area contributed by atoms with Crippen LogP contribution in [0.1, 0.15) is 12.7 Å². The van der Waals surface area contributed by atoms with Crippen molar-refractivity contribution in [2.75, 3.05) is 25.0 Å². The molecule has 0 spiro atoms. The van der Waals surface area contributed by atoms with Gasteiger partial charge in [0.25, 0.3) is 0 Å². The highest BCUT2D eigenvalue weighted by Gasteiger charge is 2.35. The molecule has 1 aromatic rings. The Balaban J connectivity index is 3.10. The Kier molecular flexibility index (Phi) is 4.93. The summed E-state index contributed by atoms with van der Waals surface area (Å²) in [5.41, 5.74) is 0. The van der Waals surface area contributed by atoms with Crippen LogP contribution < -0.4 is 10.2 Å². The molecule has 0 aromatic carbocycles. The van der Waals surface area contributed by atoms with E-state index in [2.05, 4.69) is 15.3 Å². The number of alkyl halides is 3. The van der Waals surface area contributed by atoms with E-state index in [-0.39, 0.29) is 23.4 Å². The van der Waals surface area contributed by atoms with E-state index in [0.717, 1.165) is 0 Å². The highest BCUT2D eigenvalue weighted by Crippen LogP contribution is 2.29. The standard InChI is InChI=1S/C10H12ClF3N4O/c1-3-18(5-8(19)15-2)7-4-6(11)16-9(17-7)10(12,13)14/h4H,3,5H2,1-2H3,(H,15,19). The smallest absolute Gasteiger partial charge is 0.358 e. The van der Waals surface area contributed by atoms with Crippen molar-refractivity contribution in [3.8, 4) is 0 Å². The lowest BCUT2D eigenvalue weighted by atomic mass is 10.4. The van der Waals surface area contributed by atoms with Gasteiger partial charge in [0.2, 0.25) is 11.7 Å². The highest BCUT2D eigenvalue weighted by molar-refractivity contribution is 6.29. The predicted octanol–water partition coefficient (Wildman–Crippen LogP) is 1.72. The average molecular weight is 297 g/mol. The summed E-state index contributed by atoms with van der Waals surface area (Å²) in [7, 11) is 1.43. The molecule has 1 heterocycles. The number of rotatable bonds is 4. The number of amides is 1. The first-order chi connectivity index (χ1) is 8.77. The van der Waals surface area contributed by atoms with E-state index >= 15 is 0 Å². The van der Waals surface area contributed by atoms with Crippen LogP contribution in [0, 0.1) is 0 Å². The summed E-state index contributed by atoms with van der Waals surface area (Å²) in [5, 5.41) is 2.05. The number of nitrogens with one attached hydrogen (secondary N) is 1. The Labute approximate surface area is 112 Å². The monoisotopic (exact) mass is 296 g/mol. The molecule has 5 nitrogen and oxygen atoms in total. The molecule has 0 fully saturated rings. The Morgan fingerprint density at radius 1 is 1.47 bits per heavy atom. The average Bonchev–Trinajstić information content (AvgIpc) is 2.33. The molecule has 0 unspecified atom stereocenters. The van der Waals surface area contributed by atoms with E-state index in [1.54, 1.807) is 6.92 Å². The van der Waals surface area contributed by atoms with Gasteiger partial charge in [0, 0.05) is 19.7 Å². The minimum absolute atomic E-state index is 0.0431.